The van der Waals surface area contributed by atoms with Gasteiger partial charge in [0.15, 0.2) is 15.0 Å². The lowest BCUT2D eigenvalue weighted by Gasteiger charge is -2.24. The molecule has 1 aliphatic carbocycles. The number of amidine groups is 1. The molecular weight excluding hydrogens is 368 g/mol. The summed E-state index contributed by atoms with van der Waals surface area (Å²) in [6.07, 6.45) is 1.83. The molecule has 0 N–H and O–H groups in total. The summed E-state index contributed by atoms with van der Waals surface area (Å²) in [6, 6.07) is 7.36. The van der Waals surface area contributed by atoms with Crippen LogP contribution in [0.3, 0.4) is 0 Å². The quantitative estimate of drug-likeness (QED) is 0.800. The summed E-state index contributed by atoms with van der Waals surface area (Å²) in [5.41, 5.74) is 1.02. The zero-order valence-electron chi connectivity index (χ0n) is 12.9. The van der Waals surface area contributed by atoms with Crippen LogP contribution in [0.15, 0.2) is 29.3 Å². The van der Waals surface area contributed by atoms with Gasteiger partial charge in [0.25, 0.3) is 5.91 Å². The van der Waals surface area contributed by atoms with Gasteiger partial charge in [-0.15, -0.1) is 0 Å². The van der Waals surface area contributed by atoms with Crippen molar-refractivity contribution in [3.63, 3.8) is 0 Å². The molecule has 0 unspecified atom stereocenters. The highest BCUT2D eigenvalue weighted by Gasteiger charge is 2.49. The van der Waals surface area contributed by atoms with Crippen LogP contribution in [0.5, 0.6) is 0 Å². The number of benzene rings is 1. The fraction of sp³-hybridized carbons (Fsp3) is 0.500. The van der Waals surface area contributed by atoms with Crippen molar-refractivity contribution in [2.24, 2.45) is 10.9 Å². The molecule has 2 aliphatic heterocycles. The number of rotatable bonds is 3. The van der Waals surface area contributed by atoms with Gasteiger partial charge < -0.3 is 4.90 Å². The Morgan fingerprint density at radius 3 is 2.62 bits per heavy atom. The molecular formula is C16H17ClN2O3S2. The molecule has 24 heavy (non-hydrogen) atoms. The van der Waals surface area contributed by atoms with Crippen LogP contribution in [0.25, 0.3) is 0 Å². The van der Waals surface area contributed by atoms with Crippen LogP contribution < -0.4 is 0 Å². The maximum absolute atomic E-state index is 12.1. The van der Waals surface area contributed by atoms with E-state index in [9.17, 15) is 13.2 Å². The van der Waals surface area contributed by atoms with Gasteiger partial charge in [-0.05, 0) is 30.5 Å². The Hall–Kier alpha value is -1.05. The van der Waals surface area contributed by atoms with Gasteiger partial charge in [0, 0.05) is 22.7 Å². The molecule has 0 radical (unpaired) electrons. The number of carbonyl (C=O) groups excluding carboxylic acids is 1. The van der Waals surface area contributed by atoms with Crippen molar-refractivity contribution in [2.75, 3.05) is 11.5 Å². The molecule has 3 fully saturated rings. The summed E-state index contributed by atoms with van der Waals surface area (Å²) in [5, 5.41) is 1.30. The SMILES string of the molecule is O=C(N=C1S[C@@H]2CS(=O)(=O)C[C@H]2N1Cc1ccc(Cl)cc1)C1CC1. The molecule has 4 rings (SSSR count). The largest absolute Gasteiger partial charge is 0.342 e. The van der Waals surface area contributed by atoms with E-state index in [2.05, 4.69) is 4.99 Å². The van der Waals surface area contributed by atoms with Crippen molar-refractivity contribution in [3.05, 3.63) is 34.9 Å². The minimum absolute atomic E-state index is 0.0342. The van der Waals surface area contributed by atoms with Crippen molar-refractivity contribution in [3.8, 4) is 0 Å². The minimum atomic E-state index is -3.02. The molecule has 128 valence electrons. The number of aliphatic imine (C=N–C) groups is 1. The number of amides is 1. The first-order valence-electron chi connectivity index (χ1n) is 7.92. The molecule has 0 bridgehead atoms. The predicted molar refractivity (Wildman–Crippen MR) is 96.0 cm³/mol. The third kappa shape index (κ3) is 3.34. The predicted octanol–water partition coefficient (Wildman–Crippen LogP) is 2.35. The molecule has 5 nitrogen and oxygen atoms in total. The van der Waals surface area contributed by atoms with Gasteiger partial charge in [-0.25, -0.2) is 8.42 Å². The molecule has 8 heteroatoms. The van der Waals surface area contributed by atoms with Gasteiger partial charge in [0.05, 0.1) is 17.5 Å². The molecule has 1 aromatic carbocycles. The van der Waals surface area contributed by atoms with E-state index in [0.29, 0.717) is 16.7 Å². The second-order valence-electron chi connectivity index (χ2n) is 6.56. The molecule has 2 atom stereocenters. The first-order valence-corrected chi connectivity index (χ1v) is 11.0. The van der Waals surface area contributed by atoms with Gasteiger partial charge in [-0.1, -0.05) is 35.5 Å². The zero-order chi connectivity index (χ0) is 16.9. The van der Waals surface area contributed by atoms with Crippen LogP contribution >= 0.6 is 23.4 Å². The lowest BCUT2D eigenvalue weighted by Crippen LogP contribution is -2.37. The molecule has 1 amide bonds. The number of halogens is 1. The molecule has 3 aliphatic rings. The molecule has 1 aromatic rings. The van der Waals surface area contributed by atoms with Crippen molar-refractivity contribution >= 4 is 44.3 Å². The average Bonchev–Trinajstić information content (AvgIpc) is 3.26. The number of hydrogen-bond acceptors (Lipinski definition) is 4. The fourth-order valence-electron chi connectivity index (χ4n) is 3.12. The van der Waals surface area contributed by atoms with Crippen molar-refractivity contribution in [1.29, 1.82) is 0 Å². The smallest absolute Gasteiger partial charge is 0.251 e. The minimum Gasteiger partial charge on any atom is -0.342 e. The van der Waals surface area contributed by atoms with E-state index in [4.69, 9.17) is 11.6 Å². The summed E-state index contributed by atoms with van der Waals surface area (Å²) in [4.78, 5) is 18.4. The summed E-state index contributed by atoms with van der Waals surface area (Å²) in [5.74, 6) is 0.298. The van der Waals surface area contributed by atoms with E-state index < -0.39 is 9.84 Å². The number of fused-ring (bicyclic) bond motifs is 1. The van der Waals surface area contributed by atoms with Gasteiger partial charge >= 0.3 is 0 Å². The molecule has 0 spiro atoms. The third-order valence-electron chi connectivity index (χ3n) is 4.57. The second-order valence-corrected chi connectivity index (χ2v) is 10.4. The number of hydrogen-bond donors (Lipinski definition) is 0. The van der Waals surface area contributed by atoms with Crippen molar-refractivity contribution < 1.29 is 13.2 Å². The average molecular weight is 385 g/mol. The Labute approximate surface area is 150 Å². The van der Waals surface area contributed by atoms with E-state index >= 15 is 0 Å². The first-order chi connectivity index (χ1) is 11.4. The van der Waals surface area contributed by atoms with Crippen molar-refractivity contribution in [2.45, 2.75) is 30.7 Å². The van der Waals surface area contributed by atoms with E-state index in [-0.39, 0.29) is 34.6 Å². The topological polar surface area (TPSA) is 66.8 Å². The van der Waals surface area contributed by atoms with Crippen LogP contribution in [0.2, 0.25) is 5.02 Å². The number of nitrogens with zero attached hydrogens (tertiary/aromatic N) is 2. The van der Waals surface area contributed by atoms with E-state index in [1.165, 1.54) is 11.8 Å². The fourth-order valence-corrected chi connectivity index (χ4v) is 7.21. The van der Waals surface area contributed by atoms with Crippen LogP contribution in [-0.2, 0) is 21.2 Å². The monoisotopic (exact) mass is 384 g/mol. The van der Waals surface area contributed by atoms with Gasteiger partial charge in [-0.2, -0.15) is 4.99 Å². The Kier molecular flexibility index (Phi) is 4.13. The van der Waals surface area contributed by atoms with Crippen LogP contribution in [0.4, 0.5) is 0 Å². The van der Waals surface area contributed by atoms with Crippen LogP contribution in [0, 0.1) is 5.92 Å². The molecule has 2 heterocycles. The summed E-state index contributed by atoms with van der Waals surface area (Å²) in [6.45, 7) is 0.539. The highest BCUT2D eigenvalue weighted by Crippen LogP contribution is 2.40. The van der Waals surface area contributed by atoms with Gasteiger partial charge in [0.2, 0.25) is 0 Å². The van der Waals surface area contributed by atoms with E-state index in [1.807, 2.05) is 29.2 Å². The standard InChI is InChI=1S/C16H17ClN2O3S2/c17-12-5-1-10(2-6-12)7-19-13-8-24(21,22)9-14(13)23-16(19)18-15(20)11-3-4-11/h1-2,5-6,11,13-14H,3-4,7-9H2/t13-,14-/m1/s1. The first kappa shape index (κ1) is 16.4. The van der Waals surface area contributed by atoms with Crippen LogP contribution in [-0.4, -0.2) is 47.2 Å². The number of thioether (sulfide) groups is 1. The lowest BCUT2D eigenvalue weighted by molar-refractivity contribution is -0.118. The van der Waals surface area contributed by atoms with Gasteiger partial charge in [-0.3, -0.25) is 4.79 Å². The Balaban J connectivity index is 1.61. The Morgan fingerprint density at radius 2 is 1.96 bits per heavy atom. The maximum atomic E-state index is 12.1. The second kappa shape index (κ2) is 6.04. The van der Waals surface area contributed by atoms with E-state index in [0.717, 1.165) is 18.4 Å². The number of carbonyl (C=O) groups is 1. The normalized spacial score (nSPS) is 29.9. The van der Waals surface area contributed by atoms with Crippen molar-refractivity contribution in [1.82, 2.24) is 4.90 Å². The van der Waals surface area contributed by atoms with E-state index in [1.54, 1.807) is 0 Å². The molecule has 1 saturated carbocycles. The Bertz CT molecular complexity index is 803. The highest BCUT2D eigenvalue weighted by molar-refractivity contribution is 8.15. The molecule has 0 aromatic heterocycles. The zero-order valence-corrected chi connectivity index (χ0v) is 15.3. The van der Waals surface area contributed by atoms with Crippen LogP contribution in [0.1, 0.15) is 18.4 Å². The summed E-state index contributed by atoms with van der Waals surface area (Å²) >= 11 is 7.37. The highest BCUT2D eigenvalue weighted by atomic mass is 35.5. The third-order valence-corrected chi connectivity index (χ3v) is 8.07. The summed E-state index contributed by atoms with van der Waals surface area (Å²) in [7, 11) is -3.02. The molecule has 2 saturated heterocycles. The number of sulfone groups is 1. The van der Waals surface area contributed by atoms with Gasteiger partial charge in [0.1, 0.15) is 0 Å². The Morgan fingerprint density at radius 1 is 1.25 bits per heavy atom. The summed E-state index contributed by atoms with van der Waals surface area (Å²) < 4.78 is 23.9. The maximum Gasteiger partial charge on any atom is 0.251 e. The lowest BCUT2D eigenvalue weighted by atomic mass is 10.1.